The van der Waals surface area contributed by atoms with Crippen LogP contribution in [-0.4, -0.2) is 28.7 Å². The fraction of sp³-hybridized carbons (Fsp3) is 0.333. The molecule has 0 fully saturated rings. The Kier molecular flexibility index (Phi) is 4.63. The fourth-order valence-corrected chi connectivity index (χ4v) is 2.94. The molecule has 6 nitrogen and oxygen atoms in total. The second kappa shape index (κ2) is 6.64. The summed E-state index contributed by atoms with van der Waals surface area (Å²) in [5.74, 6) is -0.363. The van der Waals surface area contributed by atoms with Gasteiger partial charge in [-0.05, 0) is 45.0 Å². The van der Waals surface area contributed by atoms with E-state index in [1.165, 1.54) is 26.0 Å². The number of aromatic nitrogens is 1. The highest BCUT2D eigenvalue weighted by atomic mass is 19.4. The molecule has 0 spiro atoms. The summed E-state index contributed by atoms with van der Waals surface area (Å²) in [4.78, 5) is 24.2. The molecule has 27 heavy (non-hydrogen) atoms. The average molecular weight is 381 g/mol. The van der Waals surface area contributed by atoms with Crippen molar-refractivity contribution in [2.75, 3.05) is 10.6 Å². The van der Waals surface area contributed by atoms with Gasteiger partial charge < -0.3 is 19.9 Å². The van der Waals surface area contributed by atoms with Gasteiger partial charge in [0.25, 0.3) is 11.8 Å². The van der Waals surface area contributed by atoms with E-state index in [1.54, 1.807) is 19.1 Å². The van der Waals surface area contributed by atoms with E-state index in [9.17, 15) is 22.8 Å². The monoisotopic (exact) mass is 381 g/mol. The Balaban J connectivity index is 1.81. The molecule has 0 saturated carbocycles. The predicted molar refractivity (Wildman–Crippen MR) is 93.1 cm³/mol. The summed E-state index contributed by atoms with van der Waals surface area (Å²) in [5, 5.41) is 5.31. The Labute approximate surface area is 153 Å². The Morgan fingerprint density at radius 2 is 2.00 bits per heavy atom. The summed E-state index contributed by atoms with van der Waals surface area (Å²) in [6.07, 6.45) is -4.99. The number of nitrogens with zero attached hydrogens (tertiary/aromatic N) is 1. The third-order valence-electron chi connectivity index (χ3n) is 4.32. The van der Waals surface area contributed by atoms with Gasteiger partial charge in [0.1, 0.15) is 12.3 Å². The summed E-state index contributed by atoms with van der Waals surface area (Å²) in [5.41, 5.74) is 1.53. The van der Waals surface area contributed by atoms with E-state index in [4.69, 9.17) is 4.74 Å². The normalized spacial score (nSPS) is 16.4. The Morgan fingerprint density at radius 1 is 1.30 bits per heavy atom. The van der Waals surface area contributed by atoms with Gasteiger partial charge in [-0.25, -0.2) is 0 Å². The van der Waals surface area contributed by atoms with E-state index >= 15 is 0 Å². The van der Waals surface area contributed by atoms with Gasteiger partial charge in [-0.2, -0.15) is 13.2 Å². The van der Waals surface area contributed by atoms with Gasteiger partial charge in [0, 0.05) is 17.1 Å². The molecule has 1 aliphatic heterocycles. The number of nitrogens with one attached hydrogen (secondary N) is 2. The molecule has 1 aromatic heterocycles. The van der Waals surface area contributed by atoms with E-state index < -0.39 is 24.7 Å². The number of amides is 2. The molecule has 1 aromatic carbocycles. The number of fused-ring (bicyclic) bond motifs is 1. The number of hydrogen-bond donors (Lipinski definition) is 2. The van der Waals surface area contributed by atoms with Gasteiger partial charge in [0.05, 0.1) is 11.3 Å². The lowest BCUT2D eigenvalue weighted by atomic mass is 10.2. The maximum atomic E-state index is 12.7. The number of hydrogen-bond acceptors (Lipinski definition) is 3. The van der Waals surface area contributed by atoms with Gasteiger partial charge in [-0.1, -0.05) is 0 Å². The summed E-state index contributed by atoms with van der Waals surface area (Å²) in [6.45, 7) is 3.45. The van der Waals surface area contributed by atoms with E-state index in [-0.39, 0.29) is 17.2 Å². The second-order valence-corrected chi connectivity index (χ2v) is 6.40. The third kappa shape index (κ3) is 3.91. The lowest BCUT2D eigenvalue weighted by Crippen LogP contribution is -2.34. The minimum Gasteiger partial charge on any atom is -0.479 e. The topological polar surface area (TPSA) is 72.4 Å². The minimum absolute atomic E-state index is 0.156. The second-order valence-electron chi connectivity index (χ2n) is 6.40. The highest BCUT2D eigenvalue weighted by Crippen LogP contribution is 2.32. The molecule has 0 unspecified atom stereocenters. The lowest BCUT2D eigenvalue weighted by molar-refractivity contribution is -0.141. The highest BCUT2D eigenvalue weighted by molar-refractivity contribution is 6.06. The van der Waals surface area contributed by atoms with Crippen LogP contribution in [-0.2, 0) is 11.3 Å². The van der Waals surface area contributed by atoms with Crippen LogP contribution in [0.15, 0.2) is 24.3 Å². The zero-order valence-corrected chi connectivity index (χ0v) is 14.9. The molecular formula is C18H18F3N3O3. The first-order valence-electron chi connectivity index (χ1n) is 8.21. The zero-order chi connectivity index (χ0) is 19.9. The van der Waals surface area contributed by atoms with Crippen LogP contribution < -0.4 is 15.4 Å². The van der Waals surface area contributed by atoms with E-state index in [0.717, 1.165) is 4.57 Å². The van der Waals surface area contributed by atoms with E-state index in [1.807, 2.05) is 0 Å². The number of aryl methyl sites for hydroxylation is 1. The number of carbonyl (C=O) groups excluding carboxylic acids is 2. The Morgan fingerprint density at radius 3 is 2.67 bits per heavy atom. The van der Waals surface area contributed by atoms with Crippen molar-refractivity contribution in [3.63, 3.8) is 0 Å². The quantitative estimate of drug-likeness (QED) is 0.853. The SMILES string of the molecule is Cc1cc(C(=O)Nc2ccc3c(c2)NC(=O)[C@@H](C)O3)c(C)n1CC(F)(F)F. The lowest BCUT2D eigenvalue weighted by Gasteiger charge is -2.23. The van der Waals surface area contributed by atoms with Gasteiger partial charge in [0.15, 0.2) is 6.10 Å². The predicted octanol–water partition coefficient (Wildman–Crippen LogP) is 3.64. The van der Waals surface area contributed by atoms with Crippen LogP contribution in [0.2, 0.25) is 0 Å². The highest BCUT2D eigenvalue weighted by Gasteiger charge is 2.30. The largest absolute Gasteiger partial charge is 0.479 e. The zero-order valence-electron chi connectivity index (χ0n) is 14.9. The number of anilines is 2. The van der Waals surface area contributed by atoms with E-state index in [0.29, 0.717) is 22.8 Å². The van der Waals surface area contributed by atoms with Crippen molar-refractivity contribution >= 4 is 23.2 Å². The first kappa shape index (κ1) is 18.8. The molecule has 2 N–H and O–H groups in total. The van der Waals surface area contributed by atoms with Gasteiger partial charge in [0.2, 0.25) is 0 Å². The molecule has 2 amide bonds. The molecule has 1 atom stereocenters. The molecule has 0 radical (unpaired) electrons. The van der Waals surface area contributed by atoms with Crippen LogP contribution >= 0.6 is 0 Å². The number of carbonyl (C=O) groups is 2. The van der Waals surface area contributed by atoms with Crippen LogP contribution in [0.5, 0.6) is 5.75 Å². The Bertz CT molecular complexity index is 919. The van der Waals surface area contributed by atoms with Crippen LogP contribution in [0.25, 0.3) is 0 Å². The molecule has 0 saturated heterocycles. The number of ether oxygens (including phenoxy) is 1. The van der Waals surface area contributed by atoms with Gasteiger partial charge in [-0.15, -0.1) is 0 Å². The molecular weight excluding hydrogens is 363 g/mol. The van der Waals surface area contributed by atoms with Crippen molar-refractivity contribution in [2.24, 2.45) is 0 Å². The number of rotatable bonds is 3. The fourth-order valence-electron chi connectivity index (χ4n) is 2.94. The number of halogens is 3. The van der Waals surface area contributed by atoms with Crippen molar-refractivity contribution in [1.29, 1.82) is 0 Å². The standard InChI is InChI=1S/C18H18F3N3O3/c1-9-6-13(10(2)24(9)8-18(19,20)21)17(26)22-12-4-5-15-14(7-12)23-16(25)11(3)27-15/h4-7,11H,8H2,1-3H3,(H,22,26)(H,23,25)/t11-/m1/s1. The molecule has 1 aliphatic rings. The van der Waals surface area contributed by atoms with Crippen LogP contribution in [0.4, 0.5) is 24.5 Å². The maximum absolute atomic E-state index is 12.7. The van der Waals surface area contributed by atoms with Gasteiger partial charge >= 0.3 is 6.18 Å². The third-order valence-corrected chi connectivity index (χ3v) is 4.32. The number of alkyl halides is 3. The molecule has 9 heteroatoms. The smallest absolute Gasteiger partial charge is 0.406 e. The minimum atomic E-state index is -4.38. The van der Waals surface area contributed by atoms with Gasteiger partial charge in [-0.3, -0.25) is 9.59 Å². The van der Waals surface area contributed by atoms with E-state index in [2.05, 4.69) is 10.6 Å². The Hall–Kier alpha value is -2.97. The molecule has 0 aliphatic carbocycles. The van der Waals surface area contributed by atoms with Crippen molar-refractivity contribution < 1.29 is 27.5 Å². The summed E-state index contributed by atoms with van der Waals surface area (Å²) < 4.78 is 44.6. The van der Waals surface area contributed by atoms with Crippen LogP contribution in [0.3, 0.4) is 0 Å². The summed E-state index contributed by atoms with van der Waals surface area (Å²) >= 11 is 0. The van der Waals surface area contributed by atoms with Crippen molar-refractivity contribution in [3.8, 4) is 5.75 Å². The van der Waals surface area contributed by atoms with Crippen molar-refractivity contribution in [3.05, 3.63) is 41.2 Å². The van der Waals surface area contributed by atoms with Crippen LogP contribution in [0.1, 0.15) is 28.7 Å². The first-order chi connectivity index (χ1) is 12.5. The van der Waals surface area contributed by atoms with Crippen LogP contribution in [0, 0.1) is 13.8 Å². The molecule has 144 valence electrons. The van der Waals surface area contributed by atoms with Crippen molar-refractivity contribution in [2.45, 2.75) is 39.6 Å². The maximum Gasteiger partial charge on any atom is 0.406 e. The summed E-state index contributed by atoms with van der Waals surface area (Å²) in [7, 11) is 0. The molecule has 2 heterocycles. The summed E-state index contributed by atoms with van der Waals surface area (Å²) in [6, 6.07) is 6.15. The molecule has 2 aromatic rings. The number of benzene rings is 1. The first-order valence-corrected chi connectivity index (χ1v) is 8.21. The molecule has 3 rings (SSSR count). The van der Waals surface area contributed by atoms with Crippen molar-refractivity contribution in [1.82, 2.24) is 4.57 Å². The molecule has 0 bridgehead atoms. The average Bonchev–Trinajstić information content (AvgIpc) is 2.83.